The minimum atomic E-state index is -0.0690. The van der Waals surface area contributed by atoms with Gasteiger partial charge in [-0.1, -0.05) is 25.5 Å². The van der Waals surface area contributed by atoms with Crippen LogP contribution in [-0.2, 0) is 4.74 Å². The molecule has 1 aliphatic rings. The molecule has 25 heavy (non-hydrogen) atoms. The van der Waals surface area contributed by atoms with Crippen molar-refractivity contribution in [1.29, 1.82) is 0 Å². The predicted molar refractivity (Wildman–Crippen MR) is 95.7 cm³/mol. The van der Waals surface area contributed by atoms with E-state index < -0.39 is 0 Å². The summed E-state index contributed by atoms with van der Waals surface area (Å²) in [5.74, 6) is 0.745. The van der Waals surface area contributed by atoms with E-state index in [0.717, 1.165) is 30.7 Å². The molecular formula is C19H26N4O2. The van der Waals surface area contributed by atoms with Crippen LogP contribution in [0.1, 0.15) is 42.6 Å². The van der Waals surface area contributed by atoms with Crippen LogP contribution < -0.4 is 5.32 Å². The molecule has 2 atom stereocenters. The van der Waals surface area contributed by atoms with Crippen molar-refractivity contribution in [3.05, 3.63) is 42.0 Å². The van der Waals surface area contributed by atoms with E-state index in [2.05, 4.69) is 29.4 Å². The maximum atomic E-state index is 12.8. The zero-order valence-electron chi connectivity index (χ0n) is 15.1. The lowest BCUT2D eigenvalue weighted by Crippen LogP contribution is -2.41. The Morgan fingerprint density at radius 1 is 1.36 bits per heavy atom. The van der Waals surface area contributed by atoms with E-state index in [1.54, 1.807) is 17.2 Å². The quantitative estimate of drug-likeness (QED) is 0.907. The van der Waals surface area contributed by atoms with Crippen LogP contribution in [0, 0.1) is 18.8 Å². The van der Waals surface area contributed by atoms with Crippen molar-refractivity contribution < 1.29 is 9.53 Å². The zero-order valence-corrected chi connectivity index (χ0v) is 15.1. The van der Waals surface area contributed by atoms with Gasteiger partial charge in [0, 0.05) is 19.1 Å². The van der Waals surface area contributed by atoms with Crippen molar-refractivity contribution in [3.8, 4) is 5.69 Å². The first-order valence-corrected chi connectivity index (χ1v) is 8.91. The molecule has 2 heterocycles. The number of aromatic nitrogens is 3. The highest BCUT2D eigenvalue weighted by molar-refractivity contribution is 5.98. The molecule has 2 aromatic rings. The van der Waals surface area contributed by atoms with Gasteiger partial charge < -0.3 is 10.1 Å². The fraction of sp³-hybridized carbons (Fsp3) is 0.526. The third-order valence-corrected chi connectivity index (χ3v) is 4.77. The SMILES string of the molecule is Cc1ccc(-n2cnnc2)c(C(=O)NC[C@H]2CCCO[C@H]2C(C)C)c1. The van der Waals surface area contributed by atoms with Crippen LogP contribution in [0.2, 0.25) is 0 Å². The summed E-state index contributed by atoms with van der Waals surface area (Å²) in [6.45, 7) is 7.79. The number of aryl methyl sites for hydroxylation is 1. The van der Waals surface area contributed by atoms with Crippen LogP contribution in [0.3, 0.4) is 0 Å². The maximum Gasteiger partial charge on any atom is 0.253 e. The first kappa shape index (κ1) is 17.6. The van der Waals surface area contributed by atoms with Crippen molar-refractivity contribution in [2.75, 3.05) is 13.2 Å². The largest absolute Gasteiger partial charge is 0.378 e. The first-order chi connectivity index (χ1) is 12.1. The van der Waals surface area contributed by atoms with Crippen molar-refractivity contribution in [2.24, 2.45) is 11.8 Å². The number of ether oxygens (including phenoxy) is 1. The van der Waals surface area contributed by atoms with Gasteiger partial charge in [0.2, 0.25) is 0 Å². The summed E-state index contributed by atoms with van der Waals surface area (Å²) < 4.78 is 7.68. The maximum absolute atomic E-state index is 12.8. The summed E-state index contributed by atoms with van der Waals surface area (Å²) in [5.41, 5.74) is 2.47. The highest BCUT2D eigenvalue weighted by atomic mass is 16.5. The Balaban J connectivity index is 1.74. The number of carbonyl (C=O) groups excluding carboxylic acids is 1. The zero-order chi connectivity index (χ0) is 17.8. The molecule has 6 heteroatoms. The second kappa shape index (κ2) is 7.78. The average molecular weight is 342 g/mol. The third-order valence-electron chi connectivity index (χ3n) is 4.77. The van der Waals surface area contributed by atoms with Gasteiger partial charge in [0.1, 0.15) is 12.7 Å². The normalized spacial score (nSPS) is 20.6. The molecular weight excluding hydrogens is 316 g/mol. The Kier molecular flexibility index (Phi) is 5.48. The molecule has 3 rings (SSSR count). The van der Waals surface area contributed by atoms with E-state index in [1.807, 2.05) is 25.1 Å². The number of carbonyl (C=O) groups is 1. The summed E-state index contributed by atoms with van der Waals surface area (Å²) >= 11 is 0. The smallest absolute Gasteiger partial charge is 0.253 e. The predicted octanol–water partition coefficient (Wildman–Crippen LogP) is 2.76. The van der Waals surface area contributed by atoms with E-state index in [9.17, 15) is 4.79 Å². The monoisotopic (exact) mass is 342 g/mol. The van der Waals surface area contributed by atoms with E-state index in [1.165, 1.54) is 0 Å². The standard InChI is InChI=1S/C19H26N4O2/c1-13(2)18-15(5-4-8-25-18)10-20-19(24)16-9-14(3)6-7-17(16)23-11-21-22-12-23/h6-7,9,11-13,15,18H,4-5,8,10H2,1-3H3,(H,20,24)/t15-,18+/m1/s1. The van der Waals surface area contributed by atoms with Gasteiger partial charge in [-0.15, -0.1) is 10.2 Å². The van der Waals surface area contributed by atoms with Crippen molar-refractivity contribution in [3.63, 3.8) is 0 Å². The number of benzene rings is 1. The second-order valence-electron chi connectivity index (χ2n) is 7.08. The highest BCUT2D eigenvalue weighted by Crippen LogP contribution is 2.26. The van der Waals surface area contributed by atoms with Gasteiger partial charge in [0.15, 0.2) is 0 Å². The van der Waals surface area contributed by atoms with E-state index >= 15 is 0 Å². The molecule has 1 fully saturated rings. The number of amides is 1. The van der Waals surface area contributed by atoms with Crippen LogP contribution in [0.15, 0.2) is 30.9 Å². The van der Waals surface area contributed by atoms with Crippen molar-refractivity contribution in [2.45, 2.75) is 39.7 Å². The van der Waals surface area contributed by atoms with Crippen LogP contribution in [0.5, 0.6) is 0 Å². The molecule has 6 nitrogen and oxygen atoms in total. The number of hydrogen-bond donors (Lipinski definition) is 1. The van der Waals surface area contributed by atoms with Gasteiger partial charge in [-0.3, -0.25) is 9.36 Å². The number of nitrogens with zero attached hydrogens (tertiary/aromatic N) is 3. The molecule has 1 N–H and O–H groups in total. The Hall–Kier alpha value is -2.21. The molecule has 0 bridgehead atoms. The van der Waals surface area contributed by atoms with Crippen LogP contribution in [-0.4, -0.2) is 39.9 Å². The Bertz CT molecular complexity index is 712. The van der Waals surface area contributed by atoms with Crippen molar-refractivity contribution >= 4 is 5.91 Å². The summed E-state index contributed by atoms with van der Waals surface area (Å²) in [4.78, 5) is 12.8. The molecule has 0 aliphatic carbocycles. The fourth-order valence-corrected chi connectivity index (χ4v) is 3.52. The average Bonchev–Trinajstić information content (AvgIpc) is 3.14. The third kappa shape index (κ3) is 4.07. The van der Waals surface area contributed by atoms with Gasteiger partial charge >= 0.3 is 0 Å². The number of rotatable bonds is 5. The number of hydrogen-bond acceptors (Lipinski definition) is 4. The summed E-state index contributed by atoms with van der Waals surface area (Å²) in [6.07, 6.45) is 5.56. The first-order valence-electron chi connectivity index (χ1n) is 8.91. The Morgan fingerprint density at radius 2 is 2.12 bits per heavy atom. The van der Waals surface area contributed by atoms with Gasteiger partial charge in [-0.25, -0.2) is 0 Å². The summed E-state index contributed by atoms with van der Waals surface area (Å²) in [7, 11) is 0. The van der Waals surface area contributed by atoms with Gasteiger partial charge in [0.25, 0.3) is 5.91 Å². The topological polar surface area (TPSA) is 69.0 Å². The molecule has 0 unspecified atom stereocenters. The molecule has 0 radical (unpaired) electrons. The molecule has 0 spiro atoms. The Morgan fingerprint density at radius 3 is 2.84 bits per heavy atom. The van der Waals surface area contributed by atoms with Crippen LogP contribution >= 0.6 is 0 Å². The molecule has 1 saturated heterocycles. The molecule has 1 amide bonds. The fourth-order valence-electron chi connectivity index (χ4n) is 3.52. The lowest BCUT2D eigenvalue weighted by Gasteiger charge is -2.34. The van der Waals surface area contributed by atoms with Crippen molar-refractivity contribution in [1.82, 2.24) is 20.1 Å². The molecule has 1 aromatic heterocycles. The van der Waals surface area contributed by atoms with Gasteiger partial charge in [-0.05, 0) is 37.8 Å². The highest BCUT2D eigenvalue weighted by Gasteiger charge is 2.29. The van der Waals surface area contributed by atoms with Gasteiger partial charge in [-0.2, -0.15) is 0 Å². The molecule has 1 aromatic carbocycles. The summed E-state index contributed by atoms with van der Waals surface area (Å²) in [6, 6.07) is 5.81. The molecule has 1 aliphatic heterocycles. The second-order valence-corrected chi connectivity index (χ2v) is 7.08. The van der Waals surface area contributed by atoms with Gasteiger partial charge in [0.05, 0.1) is 17.4 Å². The van der Waals surface area contributed by atoms with E-state index in [-0.39, 0.29) is 12.0 Å². The molecule has 0 saturated carbocycles. The minimum absolute atomic E-state index is 0.0690. The Labute approximate surface area is 148 Å². The van der Waals surface area contributed by atoms with E-state index in [4.69, 9.17) is 4.74 Å². The minimum Gasteiger partial charge on any atom is -0.378 e. The lowest BCUT2D eigenvalue weighted by atomic mass is 9.87. The van der Waals surface area contributed by atoms with Crippen LogP contribution in [0.25, 0.3) is 5.69 Å². The number of nitrogens with one attached hydrogen (secondary N) is 1. The lowest BCUT2D eigenvalue weighted by molar-refractivity contribution is -0.0510. The molecule has 134 valence electrons. The van der Waals surface area contributed by atoms with Crippen LogP contribution in [0.4, 0.5) is 0 Å². The van der Waals surface area contributed by atoms with E-state index in [0.29, 0.717) is 23.9 Å². The summed E-state index contributed by atoms with van der Waals surface area (Å²) in [5, 5.41) is 10.8.